The molecule has 2 rings (SSSR count). The Morgan fingerprint density at radius 3 is 2.68 bits per heavy atom. The van der Waals surface area contributed by atoms with E-state index in [4.69, 9.17) is 16.9 Å². The van der Waals surface area contributed by atoms with E-state index in [9.17, 15) is 4.39 Å². The molecule has 0 aliphatic carbocycles. The molecule has 0 unspecified atom stereocenters. The predicted octanol–water partition coefficient (Wildman–Crippen LogP) is 4.02. The van der Waals surface area contributed by atoms with Crippen LogP contribution in [0.3, 0.4) is 0 Å². The number of hydrogen-bond donors (Lipinski definition) is 1. The lowest BCUT2D eigenvalue weighted by Gasteiger charge is -2.13. The van der Waals surface area contributed by atoms with Gasteiger partial charge in [-0.3, -0.25) is 0 Å². The topological polar surface area (TPSA) is 39.1 Å². The molecule has 22 heavy (non-hydrogen) atoms. The highest BCUT2D eigenvalue weighted by Gasteiger charge is 2.08. The third kappa shape index (κ3) is 3.97. The van der Waals surface area contributed by atoms with Gasteiger partial charge in [0.2, 0.25) is 0 Å². The molecule has 0 bridgehead atoms. The predicted molar refractivity (Wildman–Crippen MR) is 87.3 cm³/mol. The van der Waals surface area contributed by atoms with Gasteiger partial charge in [0.25, 0.3) is 0 Å². The Morgan fingerprint density at radius 1 is 1.27 bits per heavy atom. The fourth-order valence-corrected chi connectivity index (χ4v) is 2.40. The van der Waals surface area contributed by atoms with Gasteiger partial charge in [0.05, 0.1) is 16.3 Å². The van der Waals surface area contributed by atoms with Crippen molar-refractivity contribution < 1.29 is 4.39 Å². The monoisotopic (exact) mass is 317 g/mol. The second kappa shape index (κ2) is 7.26. The number of nitrogens with one attached hydrogen (secondary N) is 1. The van der Waals surface area contributed by atoms with Gasteiger partial charge in [-0.25, -0.2) is 4.39 Å². The molecule has 0 aromatic heterocycles. The van der Waals surface area contributed by atoms with E-state index in [1.807, 2.05) is 25.1 Å². The van der Waals surface area contributed by atoms with Crippen molar-refractivity contribution in [1.29, 1.82) is 5.26 Å². The van der Waals surface area contributed by atoms with Crippen molar-refractivity contribution in [3.8, 4) is 6.07 Å². The summed E-state index contributed by atoms with van der Waals surface area (Å²) in [5.74, 6) is -0.229. The number of halogens is 2. The molecule has 2 aromatic rings. The van der Waals surface area contributed by atoms with Crippen LogP contribution >= 0.6 is 11.6 Å². The van der Waals surface area contributed by atoms with Gasteiger partial charge < -0.3 is 10.2 Å². The van der Waals surface area contributed by atoms with Crippen LogP contribution in [0.5, 0.6) is 0 Å². The zero-order valence-corrected chi connectivity index (χ0v) is 13.3. The smallest absolute Gasteiger partial charge is 0.128 e. The van der Waals surface area contributed by atoms with Gasteiger partial charge in [-0.1, -0.05) is 29.8 Å². The second-order valence-electron chi connectivity index (χ2n) is 5.29. The van der Waals surface area contributed by atoms with Crippen LogP contribution in [0.2, 0.25) is 5.02 Å². The van der Waals surface area contributed by atoms with E-state index in [1.165, 1.54) is 6.07 Å². The van der Waals surface area contributed by atoms with Crippen molar-refractivity contribution in [2.24, 2.45) is 0 Å². The molecule has 0 spiro atoms. The maximum Gasteiger partial charge on any atom is 0.128 e. The van der Waals surface area contributed by atoms with Crippen molar-refractivity contribution in [1.82, 2.24) is 4.90 Å². The van der Waals surface area contributed by atoms with Crippen molar-refractivity contribution in [2.45, 2.75) is 13.1 Å². The summed E-state index contributed by atoms with van der Waals surface area (Å²) in [6, 6.07) is 12.4. The molecule has 3 nitrogen and oxygen atoms in total. The number of nitriles is 1. The van der Waals surface area contributed by atoms with Crippen LogP contribution < -0.4 is 5.32 Å². The summed E-state index contributed by atoms with van der Waals surface area (Å²) in [4.78, 5) is 1.92. The van der Waals surface area contributed by atoms with Gasteiger partial charge in [0.15, 0.2) is 0 Å². The van der Waals surface area contributed by atoms with E-state index in [2.05, 4.69) is 11.4 Å². The van der Waals surface area contributed by atoms with Crippen LogP contribution in [0, 0.1) is 17.1 Å². The first-order valence-electron chi connectivity index (χ1n) is 6.85. The normalized spacial score (nSPS) is 10.5. The molecule has 2 aromatic carbocycles. The van der Waals surface area contributed by atoms with E-state index in [0.717, 1.165) is 5.56 Å². The molecule has 0 heterocycles. The Labute approximate surface area is 134 Å². The molecule has 114 valence electrons. The number of nitrogens with zero attached hydrogens (tertiary/aromatic N) is 2. The van der Waals surface area contributed by atoms with Gasteiger partial charge in [-0.15, -0.1) is 0 Å². The number of benzene rings is 2. The lowest BCUT2D eigenvalue weighted by Crippen LogP contribution is -2.12. The number of anilines is 1. The van der Waals surface area contributed by atoms with Crippen molar-refractivity contribution >= 4 is 17.3 Å². The maximum absolute atomic E-state index is 14.0. The molecule has 0 atom stereocenters. The lowest BCUT2D eigenvalue weighted by molar-refractivity contribution is 0.392. The standard InChI is InChI=1S/C17H17ClFN3/c1-22(2)11-14-7-6-12(8-16(14)19)10-21-17-13(9-20)4-3-5-15(17)18/h3-8,21H,10-11H2,1-2H3. The highest BCUT2D eigenvalue weighted by atomic mass is 35.5. The summed E-state index contributed by atoms with van der Waals surface area (Å²) >= 11 is 6.09. The van der Waals surface area contributed by atoms with Crippen molar-refractivity contribution in [2.75, 3.05) is 19.4 Å². The van der Waals surface area contributed by atoms with Crippen LogP contribution in [0.15, 0.2) is 36.4 Å². The zero-order valence-electron chi connectivity index (χ0n) is 12.5. The molecule has 0 saturated heterocycles. The van der Waals surface area contributed by atoms with Crippen LogP contribution in [-0.2, 0) is 13.1 Å². The number of para-hydroxylation sites is 1. The molecule has 0 fully saturated rings. The largest absolute Gasteiger partial charge is 0.379 e. The highest BCUT2D eigenvalue weighted by molar-refractivity contribution is 6.33. The third-order valence-corrected chi connectivity index (χ3v) is 3.52. The first kappa shape index (κ1) is 16.3. The average molecular weight is 318 g/mol. The average Bonchev–Trinajstić information content (AvgIpc) is 2.48. The van der Waals surface area contributed by atoms with Crippen LogP contribution in [0.4, 0.5) is 10.1 Å². The summed E-state index contributed by atoms with van der Waals surface area (Å²) in [7, 11) is 3.80. The molecule has 5 heteroatoms. The van der Waals surface area contributed by atoms with Crippen LogP contribution in [0.25, 0.3) is 0 Å². The second-order valence-corrected chi connectivity index (χ2v) is 5.70. The van der Waals surface area contributed by atoms with Crippen LogP contribution in [-0.4, -0.2) is 19.0 Å². The van der Waals surface area contributed by atoms with E-state index in [-0.39, 0.29) is 5.82 Å². The van der Waals surface area contributed by atoms with E-state index >= 15 is 0 Å². The summed E-state index contributed by atoms with van der Waals surface area (Å²) in [6.07, 6.45) is 0. The van der Waals surface area contributed by atoms with Gasteiger partial charge in [0.1, 0.15) is 11.9 Å². The molecule has 0 saturated carbocycles. The van der Waals surface area contributed by atoms with Gasteiger partial charge in [-0.2, -0.15) is 5.26 Å². The van der Waals surface area contributed by atoms with E-state index in [0.29, 0.717) is 34.9 Å². The molecule has 1 N–H and O–H groups in total. The van der Waals surface area contributed by atoms with Gasteiger partial charge in [-0.05, 0) is 37.9 Å². The molecule has 0 aliphatic heterocycles. The fraction of sp³-hybridized carbons (Fsp3) is 0.235. The quantitative estimate of drug-likeness (QED) is 0.905. The highest BCUT2D eigenvalue weighted by Crippen LogP contribution is 2.26. The first-order chi connectivity index (χ1) is 10.5. The zero-order chi connectivity index (χ0) is 16.1. The minimum atomic E-state index is -0.229. The SMILES string of the molecule is CN(C)Cc1ccc(CNc2c(Cl)cccc2C#N)cc1F. The van der Waals surface area contributed by atoms with Crippen LogP contribution in [0.1, 0.15) is 16.7 Å². The van der Waals surface area contributed by atoms with Crippen molar-refractivity contribution in [3.05, 3.63) is 63.9 Å². The Morgan fingerprint density at radius 2 is 2.05 bits per heavy atom. The summed E-state index contributed by atoms with van der Waals surface area (Å²) in [5.41, 5.74) is 2.50. The summed E-state index contributed by atoms with van der Waals surface area (Å²) in [6.45, 7) is 0.959. The van der Waals surface area contributed by atoms with E-state index in [1.54, 1.807) is 24.3 Å². The Balaban J connectivity index is 2.13. The maximum atomic E-state index is 14.0. The summed E-state index contributed by atoms with van der Waals surface area (Å²) < 4.78 is 14.0. The third-order valence-electron chi connectivity index (χ3n) is 3.21. The number of hydrogen-bond acceptors (Lipinski definition) is 3. The molecule has 0 aliphatic rings. The van der Waals surface area contributed by atoms with Gasteiger partial charge >= 0.3 is 0 Å². The Bertz CT molecular complexity index is 708. The van der Waals surface area contributed by atoms with E-state index < -0.39 is 0 Å². The minimum absolute atomic E-state index is 0.229. The Hall–Kier alpha value is -2.09. The Kier molecular flexibility index (Phi) is 5.37. The molecular formula is C17H17ClFN3. The first-order valence-corrected chi connectivity index (χ1v) is 7.23. The molecule has 0 radical (unpaired) electrons. The fourth-order valence-electron chi connectivity index (χ4n) is 2.16. The van der Waals surface area contributed by atoms with Gasteiger partial charge in [0, 0.05) is 18.7 Å². The minimum Gasteiger partial charge on any atom is -0.379 e. The lowest BCUT2D eigenvalue weighted by atomic mass is 10.1. The molecule has 0 amide bonds. The van der Waals surface area contributed by atoms with Crippen molar-refractivity contribution in [3.63, 3.8) is 0 Å². The summed E-state index contributed by atoms with van der Waals surface area (Å²) in [5, 5.41) is 12.7. The number of rotatable bonds is 5. The molecular weight excluding hydrogens is 301 g/mol.